The largest absolute Gasteiger partial charge is 0.345 e. The Bertz CT molecular complexity index is 498. The SMILES string of the molecule is CC(C)C(=O)N(C)c1ccc(C(=O)N(C)C)c(I)c1. The molecular formula is C14H19IN2O2. The van der Waals surface area contributed by atoms with Crippen LogP contribution in [0.25, 0.3) is 0 Å². The van der Waals surface area contributed by atoms with Gasteiger partial charge in [-0.2, -0.15) is 0 Å². The second kappa shape index (κ2) is 6.36. The minimum absolute atomic E-state index is 0.0335. The Morgan fingerprint density at radius 2 is 1.74 bits per heavy atom. The summed E-state index contributed by atoms with van der Waals surface area (Å²) < 4.78 is 0.845. The van der Waals surface area contributed by atoms with Gasteiger partial charge in [0.1, 0.15) is 0 Å². The summed E-state index contributed by atoms with van der Waals surface area (Å²) in [6.07, 6.45) is 0. The monoisotopic (exact) mass is 374 g/mol. The van der Waals surface area contributed by atoms with Crippen LogP contribution in [0.3, 0.4) is 0 Å². The maximum atomic E-state index is 11.9. The molecule has 0 aliphatic heterocycles. The third-order valence-electron chi connectivity index (χ3n) is 2.80. The molecule has 0 aliphatic carbocycles. The van der Waals surface area contributed by atoms with Crippen molar-refractivity contribution in [2.75, 3.05) is 26.0 Å². The first kappa shape index (κ1) is 15.9. The van der Waals surface area contributed by atoms with Crippen LogP contribution in [-0.2, 0) is 4.79 Å². The van der Waals surface area contributed by atoms with Crippen LogP contribution in [0, 0.1) is 9.49 Å². The van der Waals surface area contributed by atoms with Crippen molar-refractivity contribution in [3.8, 4) is 0 Å². The van der Waals surface area contributed by atoms with Gasteiger partial charge in [0, 0.05) is 36.3 Å². The van der Waals surface area contributed by atoms with Gasteiger partial charge in [-0.15, -0.1) is 0 Å². The van der Waals surface area contributed by atoms with Crippen molar-refractivity contribution in [3.63, 3.8) is 0 Å². The molecule has 0 aromatic heterocycles. The predicted molar refractivity (Wildman–Crippen MR) is 85.4 cm³/mol. The second-order valence-electron chi connectivity index (χ2n) is 4.92. The molecule has 1 rings (SSSR count). The molecule has 0 heterocycles. The van der Waals surface area contributed by atoms with E-state index in [9.17, 15) is 9.59 Å². The molecule has 0 unspecified atom stereocenters. The molecule has 5 heteroatoms. The lowest BCUT2D eigenvalue weighted by Gasteiger charge is -2.21. The lowest BCUT2D eigenvalue weighted by molar-refractivity contribution is -0.121. The zero-order chi connectivity index (χ0) is 14.7. The Kier molecular flexibility index (Phi) is 5.34. The molecule has 4 nitrogen and oxygen atoms in total. The van der Waals surface area contributed by atoms with Gasteiger partial charge in [0.2, 0.25) is 5.91 Å². The van der Waals surface area contributed by atoms with Crippen LogP contribution in [0.1, 0.15) is 24.2 Å². The number of hydrogen-bond donors (Lipinski definition) is 0. The van der Waals surface area contributed by atoms with Crippen LogP contribution >= 0.6 is 22.6 Å². The highest BCUT2D eigenvalue weighted by Gasteiger charge is 2.17. The molecule has 0 atom stereocenters. The molecular weight excluding hydrogens is 355 g/mol. The van der Waals surface area contributed by atoms with E-state index in [-0.39, 0.29) is 17.7 Å². The number of rotatable bonds is 3. The van der Waals surface area contributed by atoms with Gasteiger partial charge in [-0.1, -0.05) is 13.8 Å². The van der Waals surface area contributed by atoms with Gasteiger partial charge < -0.3 is 9.80 Å². The van der Waals surface area contributed by atoms with Crippen molar-refractivity contribution in [2.45, 2.75) is 13.8 Å². The normalized spacial score (nSPS) is 10.5. The van der Waals surface area contributed by atoms with Gasteiger partial charge in [0.05, 0.1) is 5.56 Å². The molecule has 0 aliphatic rings. The Hall–Kier alpha value is -1.11. The van der Waals surface area contributed by atoms with E-state index < -0.39 is 0 Å². The van der Waals surface area contributed by atoms with Gasteiger partial charge in [0.25, 0.3) is 5.91 Å². The standard InChI is InChI=1S/C14H19IN2O2/c1-9(2)13(18)17(5)10-6-7-11(12(15)8-10)14(19)16(3)4/h6-9H,1-5H3. The van der Waals surface area contributed by atoms with Crippen LogP contribution in [-0.4, -0.2) is 37.9 Å². The van der Waals surface area contributed by atoms with Gasteiger partial charge in [-0.25, -0.2) is 0 Å². The van der Waals surface area contributed by atoms with Crippen molar-refractivity contribution < 1.29 is 9.59 Å². The van der Waals surface area contributed by atoms with Crippen molar-refractivity contribution >= 4 is 40.1 Å². The van der Waals surface area contributed by atoms with Gasteiger partial charge in [-0.05, 0) is 40.8 Å². The number of hydrogen-bond acceptors (Lipinski definition) is 2. The lowest BCUT2D eigenvalue weighted by atomic mass is 10.1. The molecule has 0 saturated heterocycles. The average Bonchev–Trinajstić information content (AvgIpc) is 2.35. The van der Waals surface area contributed by atoms with Gasteiger partial charge in [-0.3, -0.25) is 9.59 Å². The first-order valence-electron chi connectivity index (χ1n) is 6.04. The number of benzene rings is 1. The van der Waals surface area contributed by atoms with E-state index in [4.69, 9.17) is 0 Å². The Morgan fingerprint density at radius 3 is 2.16 bits per heavy atom. The summed E-state index contributed by atoms with van der Waals surface area (Å²) in [6, 6.07) is 5.43. The summed E-state index contributed by atoms with van der Waals surface area (Å²) in [5, 5.41) is 0. The molecule has 0 N–H and O–H groups in total. The summed E-state index contributed by atoms with van der Waals surface area (Å²) in [6.45, 7) is 3.74. The summed E-state index contributed by atoms with van der Waals surface area (Å²) in [5.74, 6) is -0.0259. The van der Waals surface area contributed by atoms with Crippen molar-refractivity contribution in [2.24, 2.45) is 5.92 Å². The Balaban J connectivity index is 3.07. The summed E-state index contributed by atoms with van der Waals surface area (Å²) in [5.41, 5.74) is 1.46. The molecule has 0 saturated carbocycles. The van der Waals surface area contributed by atoms with E-state index in [1.165, 1.54) is 0 Å². The molecule has 0 bridgehead atoms. The highest BCUT2D eigenvalue weighted by molar-refractivity contribution is 14.1. The maximum Gasteiger partial charge on any atom is 0.254 e. The lowest BCUT2D eigenvalue weighted by Crippen LogP contribution is -2.30. The summed E-state index contributed by atoms with van der Waals surface area (Å²) in [7, 11) is 5.20. The number of nitrogens with zero attached hydrogens (tertiary/aromatic N) is 2. The minimum Gasteiger partial charge on any atom is -0.345 e. The van der Waals surface area contributed by atoms with Crippen molar-refractivity contribution in [3.05, 3.63) is 27.3 Å². The predicted octanol–water partition coefficient (Wildman–Crippen LogP) is 2.61. The summed E-state index contributed by atoms with van der Waals surface area (Å²) in [4.78, 5) is 27.0. The van der Waals surface area contributed by atoms with Gasteiger partial charge >= 0.3 is 0 Å². The first-order chi connectivity index (χ1) is 8.75. The fraction of sp³-hybridized carbons (Fsp3) is 0.429. The summed E-state index contributed by atoms with van der Waals surface area (Å²) >= 11 is 2.12. The molecule has 104 valence electrons. The third-order valence-corrected chi connectivity index (χ3v) is 3.69. The molecule has 0 fully saturated rings. The van der Waals surface area contributed by atoms with E-state index in [2.05, 4.69) is 22.6 Å². The smallest absolute Gasteiger partial charge is 0.254 e. The fourth-order valence-electron chi connectivity index (χ4n) is 1.64. The number of halogens is 1. The molecule has 0 spiro atoms. The minimum atomic E-state index is -0.0502. The average molecular weight is 374 g/mol. The van der Waals surface area contributed by atoms with Crippen LogP contribution in [0.4, 0.5) is 5.69 Å². The Morgan fingerprint density at radius 1 is 1.16 bits per heavy atom. The quantitative estimate of drug-likeness (QED) is 0.764. The highest BCUT2D eigenvalue weighted by Crippen LogP contribution is 2.22. The van der Waals surface area contributed by atoms with Crippen LogP contribution < -0.4 is 4.90 Å². The first-order valence-corrected chi connectivity index (χ1v) is 7.12. The zero-order valence-electron chi connectivity index (χ0n) is 11.9. The highest BCUT2D eigenvalue weighted by atomic mass is 127. The topological polar surface area (TPSA) is 40.6 Å². The van der Waals surface area contributed by atoms with E-state index in [1.807, 2.05) is 19.9 Å². The van der Waals surface area contributed by atoms with E-state index in [0.717, 1.165) is 9.26 Å². The van der Waals surface area contributed by atoms with E-state index >= 15 is 0 Å². The number of carbonyl (C=O) groups excluding carboxylic acids is 2. The molecule has 1 aromatic carbocycles. The van der Waals surface area contributed by atoms with E-state index in [1.54, 1.807) is 43.1 Å². The number of amides is 2. The number of anilines is 1. The molecule has 0 radical (unpaired) electrons. The van der Waals surface area contributed by atoms with Crippen LogP contribution in [0.2, 0.25) is 0 Å². The molecule has 1 aromatic rings. The number of carbonyl (C=O) groups is 2. The molecule has 2 amide bonds. The Labute approximate surface area is 127 Å². The molecule has 19 heavy (non-hydrogen) atoms. The van der Waals surface area contributed by atoms with Gasteiger partial charge in [0.15, 0.2) is 0 Å². The maximum absolute atomic E-state index is 11.9. The van der Waals surface area contributed by atoms with Crippen LogP contribution in [0.5, 0.6) is 0 Å². The zero-order valence-corrected chi connectivity index (χ0v) is 14.1. The third kappa shape index (κ3) is 3.68. The van der Waals surface area contributed by atoms with Crippen molar-refractivity contribution in [1.82, 2.24) is 4.90 Å². The fourth-order valence-corrected chi connectivity index (χ4v) is 2.37. The van der Waals surface area contributed by atoms with Crippen molar-refractivity contribution in [1.29, 1.82) is 0 Å². The van der Waals surface area contributed by atoms with Crippen LogP contribution in [0.15, 0.2) is 18.2 Å². The van der Waals surface area contributed by atoms with E-state index in [0.29, 0.717) is 5.56 Å². The second-order valence-corrected chi connectivity index (χ2v) is 6.08.